The van der Waals surface area contributed by atoms with Crippen molar-refractivity contribution < 1.29 is 10.2 Å². The summed E-state index contributed by atoms with van der Waals surface area (Å²) in [5.74, 6) is -0.141. The van der Waals surface area contributed by atoms with Gasteiger partial charge in [0.1, 0.15) is 0 Å². The average molecular weight is 223 g/mol. The third-order valence-electron chi connectivity index (χ3n) is 2.89. The molecule has 1 aromatic rings. The zero-order valence-electron chi connectivity index (χ0n) is 10.2. The first-order valence-electron chi connectivity index (χ1n) is 5.54. The van der Waals surface area contributed by atoms with Gasteiger partial charge >= 0.3 is 0 Å². The number of aryl methyl sites for hydroxylation is 1. The van der Waals surface area contributed by atoms with Gasteiger partial charge in [-0.1, -0.05) is 29.8 Å². The molecule has 0 unspecified atom stereocenters. The molecule has 0 aliphatic rings. The first-order chi connectivity index (χ1) is 7.60. The highest BCUT2D eigenvalue weighted by Crippen LogP contribution is 2.26. The molecule has 1 aromatic carbocycles. The Balaban J connectivity index is 2.97. The van der Waals surface area contributed by atoms with Crippen LogP contribution >= 0.6 is 0 Å². The molecule has 0 aliphatic carbocycles. The van der Waals surface area contributed by atoms with E-state index in [2.05, 4.69) is 24.3 Å². The molecule has 0 aliphatic heterocycles. The van der Waals surface area contributed by atoms with E-state index in [0.717, 1.165) is 5.56 Å². The minimum Gasteiger partial charge on any atom is -0.396 e. The standard InChI is InChI=1S/C13H21NO2/c1-10-4-6-11(7-5-10)13(14(2)3)12(8-15)9-16/h4-7,12-13,15-16H,8-9H2,1-3H3/t13-/m1/s1. The molecule has 0 aromatic heterocycles. The molecule has 0 saturated carbocycles. The Hall–Kier alpha value is -0.900. The summed E-state index contributed by atoms with van der Waals surface area (Å²) in [6.07, 6.45) is 0. The highest BCUT2D eigenvalue weighted by Gasteiger charge is 2.23. The lowest BCUT2D eigenvalue weighted by Gasteiger charge is -2.30. The third kappa shape index (κ3) is 3.04. The zero-order valence-corrected chi connectivity index (χ0v) is 10.2. The topological polar surface area (TPSA) is 43.7 Å². The smallest absolute Gasteiger partial charge is 0.0499 e. The van der Waals surface area contributed by atoms with Crippen molar-refractivity contribution in [2.24, 2.45) is 5.92 Å². The van der Waals surface area contributed by atoms with Gasteiger partial charge in [-0.25, -0.2) is 0 Å². The van der Waals surface area contributed by atoms with E-state index in [0.29, 0.717) is 0 Å². The number of hydrogen-bond acceptors (Lipinski definition) is 3. The predicted octanol–water partition coefficient (Wildman–Crippen LogP) is 1.20. The number of aliphatic hydroxyl groups is 2. The van der Waals surface area contributed by atoms with Gasteiger partial charge in [0.25, 0.3) is 0 Å². The summed E-state index contributed by atoms with van der Waals surface area (Å²) >= 11 is 0. The van der Waals surface area contributed by atoms with Gasteiger partial charge in [-0.05, 0) is 26.6 Å². The average Bonchev–Trinajstić information content (AvgIpc) is 2.27. The maximum absolute atomic E-state index is 9.27. The second-order valence-electron chi connectivity index (χ2n) is 4.44. The van der Waals surface area contributed by atoms with E-state index in [9.17, 15) is 10.2 Å². The quantitative estimate of drug-likeness (QED) is 0.788. The molecule has 0 radical (unpaired) electrons. The molecule has 90 valence electrons. The fourth-order valence-electron chi connectivity index (χ4n) is 2.01. The van der Waals surface area contributed by atoms with Crippen molar-refractivity contribution in [3.63, 3.8) is 0 Å². The van der Waals surface area contributed by atoms with Gasteiger partial charge in [-0.2, -0.15) is 0 Å². The lowest BCUT2D eigenvalue weighted by atomic mass is 9.93. The van der Waals surface area contributed by atoms with Gasteiger partial charge in [-0.15, -0.1) is 0 Å². The van der Waals surface area contributed by atoms with Crippen LogP contribution in [0.5, 0.6) is 0 Å². The highest BCUT2D eigenvalue weighted by molar-refractivity contribution is 5.24. The summed E-state index contributed by atoms with van der Waals surface area (Å²) in [6, 6.07) is 8.27. The molecule has 0 fully saturated rings. The summed E-state index contributed by atoms with van der Waals surface area (Å²) in [7, 11) is 3.92. The number of benzene rings is 1. The second-order valence-corrected chi connectivity index (χ2v) is 4.44. The molecule has 1 rings (SSSR count). The van der Waals surface area contributed by atoms with Gasteiger partial charge in [0.15, 0.2) is 0 Å². The van der Waals surface area contributed by atoms with Crippen LogP contribution in [0.25, 0.3) is 0 Å². The SMILES string of the molecule is Cc1ccc([C@H](C(CO)CO)N(C)C)cc1. The molecule has 3 heteroatoms. The van der Waals surface area contributed by atoms with Gasteiger partial charge in [0.05, 0.1) is 0 Å². The van der Waals surface area contributed by atoms with Crippen molar-refractivity contribution in [2.45, 2.75) is 13.0 Å². The van der Waals surface area contributed by atoms with Crippen molar-refractivity contribution in [1.82, 2.24) is 4.90 Å². The van der Waals surface area contributed by atoms with Crippen molar-refractivity contribution in [3.8, 4) is 0 Å². The molecule has 0 amide bonds. The van der Waals surface area contributed by atoms with E-state index in [1.807, 2.05) is 25.9 Å². The van der Waals surface area contributed by atoms with E-state index < -0.39 is 0 Å². The number of aliphatic hydroxyl groups excluding tert-OH is 2. The van der Waals surface area contributed by atoms with Gasteiger partial charge in [0.2, 0.25) is 0 Å². The lowest BCUT2D eigenvalue weighted by molar-refractivity contribution is 0.0808. The monoisotopic (exact) mass is 223 g/mol. The molecule has 3 nitrogen and oxygen atoms in total. The normalized spacial score (nSPS) is 13.4. The Morgan fingerprint density at radius 1 is 1.06 bits per heavy atom. The molecule has 16 heavy (non-hydrogen) atoms. The fraction of sp³-hybridized carbons (Fsp3) is 0.538. The van der Waals surface area contributed by atoms with Gasteiger partial charge in [-0.3, -0.25) is 0 Å². The molecule has 2 N–H and O–H groups in total. The van der Waals surface area contributed by atoms with Gasteiger partial charge < -0.3 is 15.1 Å². The first-order valence-corrected chi connectivity index (χ1v) is 5.54. The second kappa shape index (κ2) is 5.99. The minimum absolute atomic E-state index is 0.00672. The minimum atomic E-state index is -0.141. The molecule has 0 saturated heterocycles. The Labute approximate surface area is 97.3 Å². The Morgan fingerprint density at radius 3 is 1.94 bits per heavy atom. The molecule has 0 heterocycles. The lowest BCUT2D eigenvalue weighted by Crippen LogP contribution is -2.31. The number of hydrogen-bond donors (Lipinski definition) is 2. The molecular weight excluding hydrogens is 202 g/mol. The van der Waals surface area contributed by atoms with Crippen LogP contribution in [0.2, 0.25) is 0 Å². The molecule has 0 bridgehead atoms. The van der Waals surface area contributed by atoms with Crippen LogP contribution in [0.4, 0.5) is 0 Å². The molecule has 0 spiro atoms. The van der Waals surface area contributed by atoms with E-state index in [1.54, 1.807) is 0 Å². The summed E-state index contributed by atoms with van der Waals surface area (Å²) in [6.45, 7) is 2.03. The Morgan fingerprint density at radius 2 is 1.56 bits per heavy atom. The van der Waals surface area contributed by atoms with Crippen molar-refractivity contribution in [3.05, 3.63) is 35.4 Å². The predicted molar refractivity (Wildman–Crippen MR) is 65.3 cm³/mol. The van der Waals surface area contributed by atoms with Crippen molar-refractivity contribution in [1.29, 1.82) is 0 Å². The van der Waals surface area contributed by atoms with E-state index in [1.165, 1.54) is 5.56 Å². The van der Waals surface area contributed by atoms with E-state index in [4.69, 9.17) is 0 Å². The first kappa shape index (κ1) is 13.2. The fourth-order valence-corrected chi connectivity index (χ4v) is 2.01. The van der Waals surface area contributed by atoms with Crippen LogP contribution in [0, 0.1) is 12.8 Å². The molecule has 1 atom stereocenters. The number of nitrogens with zero attached hydrogens (tertiary/aromatic N) is 1. The van der Waals surface area contributed by atoms with Crippen LogP contribution in [0.3, 0.4) is 0 Å². The van der Waals surface area contributed by atoms with Crippen LogP contribution in [0.15, 0.2) is 24.3 Å². The summed E-state index contributed by atoms with van der Waals surface area (Å²) in [5.41, 5.74) is 2.34. The summed E-state index contributed by atoms with van der Waals surface area (Å²) in [4.78, 5) is 2.03. The van der Waals surface area contributed by atoms with Crippen molar-refractivity contribution >= 4 is 0 Å². The maximum Gasteiger partial charge on any atom is 0.0499 e. The Kier molecular flexibility index (Phi) is 4.93. The maximum atomic E-state index is 9.27. The largest absolute Gasteiger partial charge is 0.396 e. The van der Waals surface area contributed by atoms with E-state index in [-0.39, 0.29) is 25.2 Å². The van der Waals surface area contributed by atoms with Gasteiger partial charge in [0, 0.05) is 25.2 Å². The number of rotatable bonds is 5. The van der Waals surface area contributed by atoms with Crippen molar-refractivity contribution in [2.75, 3.05) is 27.3 Å². The van der Waals surface area contributed by atoms with E-state index >= 15 is 0 Å². The highest BCUT2D eigenvalue weighted by atomic mass is 16.3. The van der Waals surface area contributed by atoms with Crippen LogP contribution in [-0.4, -0.2) is 42.4 Å². The third-order valence-corrected chi connectivity index (χ3v) is 2.89. The summed E-state index contributed by atoms with van der Waals surface area (Å²) < 4.78 is 0. The summed E-state index contributed by atoms with van der Waals surface area (Å²) in [5, 5.41) is 18.5. The Bertz CT molecular complexity index is 304. The zero-order chi connectivity index (χ0) is 12.1. The van der Waals surface area contributed by atoms with Crippen LogP contribution in [0.1, 0.15) is 17.2 Å². The van der Waals surface area contributed by atoms with Crippen LogP contribution < -0.4 is 0 Å². The van der Waals surface area contributed by atoms with Crippen LogP contribution in [-0.2, 0) is 0 Å². The molecular formula is C13H21NO2.